The van der Waals surface area contributed by atoms with Crippen molar-refractivity contribution in [3.8, 4) is 0 Å². The highest BCUT2D eigenvalue weighted by Gasteiger charge is 2.44. The maximum atomic E-state index is 12.8. The summed E-state index contributed by atoms with van der Waals surface area (Å²) < 4.78 is 22.2. The number of carbonyl (C=O) groups excluding carboxylic acids is 2. The van der Waals surface area contributed by atoms with Crippen LogP contribution in [0.5, 0.6) is 0 Å². The third-order valence-electron chi connectivity index (χ3n) is 11.5. The third kappa shape index (κ3) is 30.4. The first-order valence-electron chi connectivity index (χ1n) is 24.1. The zero-order chi connectivity index (χ0) is 41.6. The zero-order valence-corrected chi connectivity index (χ0v) is 36.9. The van der Waals surface area contributed by atoms with Gasteiger partial charge in [-0.3, -0.25) is 9.59 Å². The average Bonchev–Trinajstić information content (AvgIpc) is 3.21. The van der Waals surface area contributed by atoms with Gasteiger partial charge in [0.1, 0.15) is 31.0 Å². The quantitative estimate of drug-likeness (QED) is 0.0347. The number of carbonyl (C=O) groups is 2. The monoisotopic (exact) mass is 815 g/mol. The van der Waals surface area contributed by atoms with Gasteiger partial charge in [-0.1, -0.05) is 206 Å². The van der Waals surface area contributed by atoms with Crippen LogP contribution >= 0.6 is 0 Å². The van der Waals surface area contributed by atoms with Crippen LogP contribution < -0.4 is 0 Å². The van der Waals surface area contributed by atoms with Crippen molar-refractivity contribution in [2.75, 3.05) is 19.8 Å². The molecular formula is C47H90O10. The Kier molecular flexibility index (Phi) is 36.6. The van der Waals surface area contributed by atoms with Gasteiger partial charge in [-0.25, -0.2) is 0 Å². The lowest BCUT2D eigenvalue weighted by atomic mass is 9.99. The Bertz CT molecular complexity index is 901. The second-order valence-corrected chi connectivity index (χ2v) is 16.9. The van der Waals surface area contributed by atoms with Crippen LogP contribution in [0.1, 0.15) is 232 Å². The minimum absolute atomic E-state index is 0.209. The first-order chi connectivity index (χ1) is 27.8. The maximum absolute atomic E-state index is 12.8. The van der Waals surface area contributed by atoms with Crippen molar-refractivity contribution in [2.45, 2.75) is 269 Å². The van der Waals surface area contributed by atoms with Crippen LogP contribution in [0.3, 0.4) is 0 Å². The van der Waals surface area contributed by atoms with E-state index in [1.165, 1.54) is 161 Å². The van der Waals surface area contributed by atoms with E-state index < -0.39 is 49.4 Å². The minimum Gasteiger partial charge on any atom is -0.462 e. The van der Waals surface area contributed by atoms with Gasteiger partial charge in [-0.05, 0) is 12.8 Å². The first-order valence-corrected chi connectivity index (χ1v) is 24.1. The molecule has 6 unspecified atom stereocenters. The Morgan fingerprint density at radius 3 is 1.19 bits per heavy atom. The maximum Gasteiger partial charge on any atom is 0.306 e. The van der Waals surface area contributed by atoms with Crippen molar-refractivity contribution in [3.05, 3.63) is 0 Å². The lowest BCUT2D eigenvalue weighted by Crippen LogP contribution is -2.59. The second kappa shape index (κ2) is 38.9. The summed E-state index contributed by atoms with van der Waals surface area (Å²) in [4.78, 5) is 25.4. The molecule has 1 saturated heterocycles. The summed E-state index contributed by atoms with van der Waals surface area (Å²) in [5, 5.41) is 40.1. The summed E-state index contributed by atoms with van der Waals surface area (Å²) in [7, 11) is 0. The Morgan fingerprint density at radius 1 is 0.474 bits per heavy atom. The molecule has 0 aromatic rings. The van der Waals surface area contributed by atoms with Crippen molar-refractivity contribution >= 4 is 11.9 Å². The van der Waals surface area contributed by atoms with Crippen LogP contribution in [0.4, 0.5) is 0 Å². The minimum atomic E-state index is -1.59. The summed E-state index contributed by atoms with van der Waals surface area (Å²) in [5.41, 5.74) is 0. The molecule has 6 atom stereocenters. The molecule has 0 spiro atoms. The molecule has 0 aromatic heterocycles. The van der Waals surface area contributed by atoms with Crippen molar-refractivity contribution < 1.29 is 49.0 Å². The van der Waals surface area contributed by atoms with Crippen LogP contribution in [-0.2, 0) is 28.5 Å². The Morgan fingerprint density at radius 2 is 0.825 bits per heavy atom. The highest BCUT2D eigenvalue weighted by Crippen LogP contribution is 2.23. The second-order valence-electron chi connectivity index (χ2n) is 16.9. The number of rotatable bonds is 41. The summed E-state index contributed by atoms with van der Waals surface area (Å²) in [6.07, 6.45) is 32.5. The number of unbranched alkanes of at least 4 members (excludes halogenated alkanes) is 30. The van der Waals surface area contributed by atoms with Gasteiger partial charge in [-0.2, -0.15) is 0 Å². The number of hydrogen-bond donors (Lipinski definition) is 4. The number of hydrogen-bond acceptors (Lipinski definition) is 10. The lowest BCUT2D eigenvalue weighted by Gasteiger charge is -2.39. The van der Waals surface area contributed by atoms with E-state index in [2.05, 4.69) is 13.8 Å². The van der Waals surface area contributed by atoms with Crippen molar-refractivity contribution in [1.82, 2.24) is 0 Å². The fourth-order valence-corrected chi connectivity index (χ4v) is 7.66. The van der Waals surface area contributed by atoms with Crippen LogP contribution in [-0.4, -0.2) is 89.0 Å². The van der Waals surface area contributed by atoms with Gasteiger partial charge in [0.2, 0.25) is 0 Å². The van der Waals surface area contributed by atoms with Crippen LogP contribution in [0.2, 0.25) is 0 Å². The molecule has 1 heterocycles. The summed E-state index contributed by atoms with van der Waals surface area (Å²) in [6.45, 7) is 3.47. The molecule has 0 aliphatic carbocycles. The van der Waals surface area contributed by atoms with Gasteiger partial charge in [0.25, 0.3) is 0 Å². The van der Waals surface area contributed by atoms with E-state index in [1.807, 2.05) is 0 Å². The molecule has 10 nitrogen and oxygen atoms in total. The van der Waals surface area contributed by atoms with E-state index in [0.29, 0.717) is 6.42 Å². The van der Waals surface area contributed by atoms with Crippen LogP contribution in [0.25, 0.3) is 0 Å². The summed E-state index contributed by atoms with van der Waals surface area (Å²) in [5.74, 6) is -0.788. The number of aliphatic hydroxyl groups excluding tert-OH is 4. The van der Waals surface area contributed by atoms with E-state index in [0.717, 1.165) is 38.5 Å². The molecule has 1 aliphatic rings. The van der Waals surface area contributed by atoms with Gasteiger partial charge >= 0.3 is 11.9 Å². The van der Waals surface area contributed by atoms with E-state index in [9.17, 15) is 30.0 Å². The third-order valence-corrected chi connectivity index (χ3v) is 11.5. The highest BCUT2D eigenvalue weighted by atomic mass is 16.7. The molecular weight excluding hydrogens is 725 g/mol. The van der Waals surface area contributed by atoms with Gasteiger partial charge < -0.3 is 39.4 Å². The van der Waals surface area contributed by atoms with E-state index in [1.54, 1.807) is 0 Å². The standard InChI is InChI=1S/C47H90O10/c1-3-5-7-9-11-13-15-17-19-21-23-25-27-29-31-33-35-42(49)54-38-40(39-55-47-46(53)45(52)44(51)41(37-48)57-47)56-43(50)36-34-32-30-28-26-24-22-20-18-16-14-12-10-8-6-4-2/h40-41,44-48,51-53H,3-39H2,1-2H3. The smallest absolute Gasteiger partial charge is 0.306 e. The molecule has 0 aromatic carbocycles. The van der Waals surface area contributed by atoms with Gasteiger partial charge in [0, 0.05) is 12.8 Å². The fourth-order valence-electron chi connectivity index (χ4n) is 7.66. The topological polar surface area (TPSA) is 152 Å². The number of aliphatic hydroxyl groups is 4. The number of esters is 2. The van der Waals surface area contributed by atoms with E-state index in [4.69, 9.17) is 18.9 Å². The molecule has 0 bridgehead atoms. The molecule has 57 heavy (non-hydrogen) atoms. The first kappa shape index (κ1) is 53.7. The average molecular weight is 815 g/mol. The Labute approximate surface area is 348 Å². The fraction of sp³-hybridized carbons (Fsp3) is 0.957. The van der Waals surface area contributed by atoms with E-state index >= 15 is 0 Å². The highest BCUT2D eigenvalue weighted by molar-refractivity contribution is 5.70. The van der Waals surface area contributed by atoms with Crippen LogP contribution in [0.15, 0.2) is 0 Å². The predicted octanol–water partition coefficient (Wildman–Crippen LogP) is 10.6. The number of ether oxygens (including phenoxy) is 4. The molecule has 0 radical (unpaired) electrons. The van der Waals surface area contributed by atoms with Gasteiger partial charge in [0.05, 0.1) is 13.2 Å². The lowest BCUT2D eigenvalue weighted by molar-refractivity contribution is -0.305. The van der Waals surface area contributed by atoms with Crippen molar-refractivity contribution in [1.29, 1.82) is 0 Å². The summed E-state index contributed by atoms with van der Waals surface area (Å²) >= 11 is 0. The largest absolute Gasteiger partial charge is 0.462 e. The van der Waals surface area contributed by atoms with Crippen molar-refractivity contribution in [2.24, 2.45) is 0 Å². The molecule has 0 amide bonds. The summed E-state index contributed by atoms with van der Waals surface area (Å²) in [6, 6.07) is 0. The Balaban J connectivity index is 2.28. The molecule has 0 saturated carbocycles. The predicted molar refractivity (Wildman–Crippen MR) is 229 cm³/mol. The molecule has 338 valence electrons. The van der Waals surface area contributed by atoms with Crippen molar-refractivity contribution in [3.63, 3.8) is 0 Å². The normalized spacial score (nSPS) is 20.1. The Hall–Kier alpha value is -1.30. The van der Waals surface area contributed by atoms with Crippen LogP contribution in [0, 0.1) is 0 Å². The SMILES string of the molecule is CCCCCCCCCCCCCCCCCCC(=O)OCC(COC1OC(CO)C(O)C(O)C1O)OC(=O)CCCCCCCCCCCCCCCCCC. The van der Waals surface area contributed by atoms with Gasteiger partial charge in [0.15, 0.2) is 12.4 Å². The molecule has 1 aliphatic heterocycles. The molecule has 10 heteroatoms. The molecule has 4 N–H and O–H groups in total. The molecule has 1 fully saturated rings. The van der Waals surface area contributed by atoms with Gasteiger partial charge in [-0.15, -0.1) is 0 Å². The zero-order valence-electron chi connectivity index (χ0n) is 36.9. The molecule has 1 rings (SSSR count). The van der Waals surface area contributed by atoms with E-state index in [-0.39, 0.29) is 32.0 Å².